The standard InChI is InChI=1S/C74H125N13O14S2/c1-7-10-12-14-16-18-20-22-23-25-27-29-31-35-64(91)80-58-48-102-103-49-59(73(99)87-43-33-34-60(87)71(97)84-55(44-50(4)5)66(92)79-47-63(77)90)85-68(94)57(46-62(76)89)83-67(93)54(40-41-61(75)88)81-72(98)65(51(6)9-3)86-69(95)56(82-70(58)96)45-52-36-38-53(39-37-52)101-74(100)78-42-32-30-28-26-24-21-19-17-15-13-11-8-2/h36-39,50-51,54-60,65H,7-35,40-49H2,1-6H3,(H2,75,88)(H2,76,89)(H2,77,90)(H,78,100)(H,79,92)(H,80,91)(H,81,98)(H,82,96)(H,83,93)(H,84,97)(H,85,94)(H,86,95)/t51-,54-,55-,56-,57-,58-,59-,60-,65-/m0/s1. The van der Waals surface area contributed by atoms with E-state index >= 15 is 4.79 Å². The van der Waals surface area contributed by atoms with E-state index in [0.717, 1.165) is 79.4 Å². The molecule has 2 heterocycles. The predicted octanol–water partition coefficient (Wildman–Crippen LogP) is 7.11. The summed E-state index contributed by atoms with van der Waals surface area (Å²) in [6, 6.07) is -5.17. The minimum atomic E-state index is -1.80. The quantitative estimate of drug-likeness (QED) is 0.0228. The fraction of sp³-hybridized carbons (Fsp3) is 0.743. The van der Waals surface area contributed by atoms with Gasteiger partial charge in [-0.25, -0.2) is 4.79 Å². The Balaban J connectivity index is 2.04. The maximum absolute atomic E-state index is 15.0. The van der Waals surface area contributed by atoms with E-state index in [2.05, 4.69) is 61.7 Å². The molecule has 0 saturated carbocycles. The van der Waals surface area contributed by atoms with Crippen molar-refractivity contribution in [3.63, 3.8) is 0 Å². The van der Waals surface area contributed by atoms with Gasteiger partial charge in [-0.2, -0.15) is 0 Å². The summed E-state index contributed by atoms with van der Waals surface area (Å²) in [6.07, 6.45) is 26.8. The lowest BCUT2D eigenvalue weighted by molar-refractivity contribution is -0.142. The van der Waals surface area contributed by atoms with Crippen molar-refractivity contribution >= 4 is 98.6 Å². The first-order valence-electron chi connectivity index (χ1n) is 38.2. The Labute approximate surface area is 619 Å². The van der Waals surface area contributed by atoms with Crippen molar-refractivity contribution in [2.75, 3.05) is 31.1 Å². The molecule has 2 aliphatic rings. The van der Waals surface area contributed by atoms with Crippen LogP contribution in [-0.2, 0) is 64.0 Å². The van der Waals surface area contributed by atoms with E-state index in [4.69, 9.17) is 21.9 Å². The number of nitrogens with one attached hydrogen (secondary N) is 9. The van der Waals surface area contributed by atoms with Gasteiger partial charge in [0.25, 0.3) is 0 Å². The largest absolute Gasteiger partial charge is 0.412 e. The third-order valence-electron chi connectivity index (χ3n) is 18.6. The van der Waals surface area contributed by atoms with Gasteiger partial charge in [0.15, 0.2) is 0 Å². The third kappa shape index (κ3) is 38.4. The summed E-state index contributed by atoms with van der Waals surface area (Å²) in [5.74, 6) is -11.1. The van der Waals surface area contributed by atoms with Crippen LogP contribution in [0.25, 0.3) is 0 Å². The second-order valence-electron chi connectivity index (χ2n) is 28.1. The van der Waals surface area contributed by atoms with Crippen LogP contribution in [0.15, 0.2) is 24.3 Å². The SMILES string of the molecule is CCCCCCCCCCCCCCCC(=O)N[C@H]1CSSC[C@@H](C(=O)N2CCC[C@H]2C(=O)N[C@@H](CC(C)C)C(=O)NCC(N)=O)NC(=O)[C@H](CC(N)=O)NC(=O)[C@H](CCC(N)=O)NC(=O)[C@H]([C@@H](C)CC)NC(=O)[C@H](Cc2ccc(OC(=O)NCCCCCCCCCCCCCC)cc2)NC1=O. The van der Waals surface area contributed by atoms with E-state index in [-0.39, 0.29) is 55.4 Å². The van der Waals surface area contributed by atoms with Gasteiger partial charge in [0.2, 0.25) is 70.9 Å². The van der Waals surface area contributed by atoms with Crippen LogP contribution in [0.1, 0.15) is 259 Å². The van der Waals surface area contributed by atoms with Crippen LogP contribution in [-0.4, -0.2) is 161 Å². The smallest absolute Gasteiger partial charge is 0.410 e. The molecule has 103 heavy (non-hydrogen) atoms. The molecule has 0 aliphatic carbocycles. The molecule has 0 spiro atoms. The van der Waals surface area contributed by atoms with Crippen molar-refractivity contribution in [3.8, 4) is 5.75 Å². The van der Waals surface area contributed by atoms with Crippen LogP contribution in [0.4, 0.5) is 4.79 Å². The monoisotopic (exact) mass is 1480 g/mol. The molecule has 3 rings (SSSR count). The summed E-state index contributed by atoms with van der Waals surface area (Å²) in [4.78, 5) is 181. The van der Waals surface area contributed by atoms with E-state index in [0.29, 0.717) is 31.4 Å². The molecule has 0 bridgehead atoms. The molecule has 13 amide bonds. The summed E-state index contributed by atoms with van der Waals surface area (Å²) < 4.78 is 5.60. The number of unbranched alkanes of at least 4 members (excludes halogenated alkanes) is 23. The normalized spacial score (nSPS) is 20.0. The van der Waals surface area contributed by atoms with Gasteiger partial charge < -0.3 is 74.7 Å². The summed E-state index contributed by atoms with van der Waals surface area (Å²) in [5, 5.41) is 24.1. The zero-order valence-electron chi connectivity index (χ0n) is 62.4. The first kappa shape index (κ1) is 90.0. The molecule has 582 valence electrons. The number of rotatable bonds is 46. The lowest BCUT2D eigenvalue weighted by Crippen LogP contribution is -2.62. The Bertz CT molecular complexity index is 2800. The van der Waals surface area contributed by atoms with Gasteiger partial charge in [-0.3, -0.25) is 57.5 Å². The maximum atomic E-state index is 15.0. The van der Waals surface area contributed by atoms with Gasteiger partial charge in [-0.1, -0.05) is 229 Å². The van der Waals surface area contributed by atoms with Crippen LogP contribution in [0, 0.1) is 11.8 Å². The molecule has 1 aromatic rings. The van der Waals surface area contributed by atoms with E-state index in [1.165, 1.54) is 113 Å². The van der Waals surface area contributed by atoms with Crippen molar-refractivity contribution < 1.29 is 67.1 Å². The number of nitrogens with two attached hydrogens (primary N) is 3. The van der Waals surface area contributed by atoms with Gasteiger partial charge >= 0.3 is 6.09 Å². The molecule has 2 fully saturated rings. The molecule has 27 nitrogen and oxygen atoms in total. The average molecular weight is 1490 g/mol. The molecule has 0 aromatic heterocycles. The number of amides is 13. The zero-order chi connectivity index (χ0) is 75.9. The van der Waals surface area contributed by atoms with Crippen molar-refractivity contribution in [1.29, 1.82) is 0 Å². The Morgan fingerprint density at radius 2 is 1.10 bits per heavy atom. The van der Waals surface area contributed by atoms with Gasteiger partial charge in [0.1, 0.15) is 54.1 Å². The summed E-state index contributed by atoms with van der Waals surface area (Å²) >= 11 is 0. The first-order valence-corrected chi connectivity index (χ1v) is 40.7. The number of carbonyl (C=O) groups is 13. The summed E-state index contributed by atoms with van der Waals surface area (Å²) in [6.45, 7) is 11.5. The highest BCUT2D eigenvalue weighted by Gasteiger charge is 2.41. The highest BCUT2D eigenvalue weighted by molar-refractivity contribution is 8.76. The highest BCUT2D eigenvalue weighted by Crippen LogP contribution is 2.27. The third-order valence-corrected chi connectivity index (χ3v) is 21.0. The number of hydrogen-bond acceptors (Lipinski definition) is 16. The van der Waals surface area contributed by atoms with Crippen molar-refractivity contribution in [1.82, 2.24) is 52.8 Å². The minimum Gasteiger partial charge on any atom is -0.410 e. The minimum absolute atomic E-state index is 0.0149. The zero-order valence-corrected chi connectivity index (χ0v) is 64.0. The molecular weight excluding hydrogens is 1360 g/mol. The molecule has 0 unspecified atom stereocenters. The number of carbonyl (C=O) groups excluding carboxylic acids is 13. The van der Waals surface area contributed by atoms with Crippen molar-refractivity contribution in [3.05, 3.63) is 29.8 Å². The second-order valence-corrected chi connectivity index (χ2v) is 30.6. The number of ether oxygens (including phenoxy) is 1. The fourth-order valence-electron chi connectivity index (χ4n) is 12.4. The molecule has 9 atom stereocenters. The Morgan fingerprint density at radius 3 is 1.64 bits per heavy atom. The predicted molar refractivity (Wildman–Crippen MR) is 402 cm³/mol. The lowest BCUT2D eigenvalue weighted by Gasteiger charge is -2.31. The van der Waals surface area contributed by atoms with Crippen LogP contribution in [0.3, 0.4) is 0 Å². The van der Waals surface area contributed by atoms with E-state index < -0.39 is 157 Å². The first-order chi connectivity index (χ1) is 49.4. The number of primary amides is 3. The maximum Gasteiger partial charge on any atom is 0.412 e. The number of nitrogens with zero attached hydrogens (tertiary/aromatic N) is 1. The van der Waals surface area contributed by atoms with Gasteiger partial charge in [0, 0.05) is 43.9 Å². The summed E-state index contributed by atoms with van der Waals surface area (Å²) in [7, 11) is 2.04. The Morgan fingerprint density at radius 1 is 0.573 bits per heavy atom. The lowest BCUT2D eigenvalue weighted by atomic mass is 9.96. The Kier molecular flexibility index (Phi) is 46.1. The van der Waals surface area contributed by atoms with E-state index in [9.17, 15) is 57.5 Å². The number of benzene rings is 1. The Hall–Kier alpha value is -7.17. The molecule has 0 radical (unpaired) electrons. The van der Waals surface area contributed by atoms with E-state index in [1.54, 1.807) is 26.0 Å². The van der Waals surface area contributed by atoms with Crippen LogP contribution < -0.4 is 69.8 Å². The van der Waals surface area contributed by atoms with Crippen molar-refractivity contribution in [2.45, 2.75) is 308 Å². The highest BCUT2D eigenvalue weighted by atomic mass is 33.1. The second kappa shape index (κ2) is 52.7. The van der Waals surface area contributed by atoms with Gasteiger partial charge in [-0.15, -0.1) is 0 Å². The average Bonchev–Trinajstić information content (AvgIpc) is 1.78. The van der Waals surface area contributed by atoms with Crippen LogP contribution in [0.2, 0.25) is 0 Å². The number of likely N-dealkylation sites (tertiary alicyclic amines) is 1. The van der Waals surface area contributed by atoms with E-state index in [1.807, 2.05) is 13.8 Å². The fourth-order valence-corrected chi connectivity index (χ4v) is 14.7. The van der Waals surface area contributed by atoms with Crippen LogP contribution >= 0.6 is 21.6 Å². The molecule has 2 aliphatic heterocycles. The molecule has 2 saturated heterocycles. The van der Waals surface area contributed by atoms with Crippen molar-refractivity contribution in [2.24, 2.45) is 29.0 Å². The molecular formula is C74H125N13O14S2. The molecule has 15 N–H and O–H groups in total. The van der Waals surface area contributed by atoms with Gasteiger partial charge in [-0.05, 0) is 68.1 Å². The topological polar surface area (TPSA) is 421 Å². The summed E-state index contributed by atoms with van der Waals surface area (Å²) in [5.41, 5.74) is 17.0. The molecule has 29 heteroatoms. The van der Waals surface area contributed by atoms with Crippen LogP contribution in [0.5, 0.6) is 5.75 Å². The molecule has 1 aromatic carbocycles. The van der Waals surface area contributed by atoms with Gasteiger partial charge in [0.05, 0.1) is 13.0 Å². The number of hydrogen-bond donors (Lipinski definition) is 12.